The first kappa shape index (κ1) is 38.0. The first-order valence-electron chi connectivity index (χ1n) is 17.9. The molecule has 2 aliphatic heterocycles. The third-order valence-electron chi connectivity index (χ3n) is 9.50. The van der Waals surface area contributed by atoms with Crippen molar-refractivity contribution < 1.29 is 9.59 Å². The lowest BCUT2D eigenvalue weighted by atomic mass is 10.1. The minimum atomic E-state index is -0.205. The van der Waals surface area contributed by atoms with Crippen LogP contribution in [-0.4, -0.2) is 66.6 Å². The summed E-state index contributed by atoms with van der Waals surface area (Å²) in [4.78, 5) is 38.9. The average Bonchev–Trinajstić information content (AvgIpc) is 3.77. The van der Waals surface area contributed by atoms with Crippen molar-refractivity contribution >= 4 is 57.7 Å². The average molecular weight is 754 g/mol. The number of imidazole rings is 2. The number of benzene rings is 2. The lowest BCUT2D eigenvalue weighted by molar-refractivity contribution is 0.101. The molecule has 0 radical (unpaired) electrons. The monoisotopic (exact) mass is 752 g/mol. The number of carbonyl (C=O) groups excluding carboxylic acids is 2. The summed E-state index contributed by atoms with van der Waals surface area (Å²) in [6.07, 6.45) is 14.8. The molecule has 2 aromatic carbocycles. The van der Waals surface area contributed by atoms with Gasteiger partial charge in [-0.05, 0) is 124 Å². The van der Waals surface area contributed by atoms with Crippen LogP contribution >= 0.6 is 23.2 Å². The van der Waals surface area contributed by atoms with E-state index in [-0.39, 0.29) is 19.2 Å². The first-order chi connectivity index (χ1) is 25.4. The van der Waals surface area contributed by atoms with E-state index in [9.17, 15) is 9.59 Å². The first-order valence-corrected chi connectivity index (χ1v) is 18.6. The Hall–Kier alpha value is -4.74. The zero-order valence-corrected chi connectivity index (χ0v) is 30.5. The maximum absolute atomic E-state index is 12.6. The van der Waals surface area contributed by atoms with Crippen LogP contribution in [0.2, 0.25) is 10.0 Å². The van der Waals surface area contributed by atoms with Gasteiger partial charge >= 0.3 is 0 Å². The second kappa shape index (κ2) is 17.9. The van der Waals surface area contributed by atoms with Crippen LogP contribution in [0.25, 0.3) is 11.3 Å². The Labute approximate surface area is 320 Å². The molecule has 53 heavy (non-hydrogen) atoms. The zero-order valence-electron chi connectivity index (χ0n) is 29.0. The summed E-state index contributed by atoms with van der Waals surface area (Å²) in [5.74, 6) is -0.410. The van der Waals surface area contributed by atoms with Gasteiger partial charge in [0.15, 0.2) is 0 Å². The van der Waals surface area contributed by atoms with Crippen LogP contribution in [0.1, 0.15) is 78.1 Å². The number of nitrogens with one attached hydrogen (secondary N) is 2. The number of piperidine rings is 2. The van der Waals surface area contributed by atoms with E-state index >= 15 is 0 Å². The molecule has 2 amide bonds. The highest BCUT2D eigenvalue weighted by atomic mass is 35.5. The molecule has 0 atom stereocenters. The maximum atomic E-state index is 12.6. The SMILES string of the molecule is C.O=C(Nc1cccc(Cl)c1)c1cnc2cc(CN3CCCCC3)ccn12.O=C(Nc1cccc(Cl)c1)c1cnc2cc(CN3CCCCC3)ccn12. The van der Waals surface area contributed by atoms with Crippen LogP contribution in [0.15, 0.2) is 97.6 Å². The van der Waals surface area contributed by atoms with Gasteiger partial charge in [-0.3, -0.25) is 28.2 Å². The van der Waals surface area contributed by atoms with Crippen molar-refractivity contribution in [1.82, 2.24) is 28.6 Å². The lowest BCUT2D eigenvalue weighted by Crippen LogP contribution is -2.29. The summed E-state index contributed by atoms with van der Waals surface area (Å²) in [6, 6.07) is 22.5. The van der Waals surface area contributed by atoms with Gasteiger partial charge in [-0.15, -0.1) is 0 Å². The van der Waals surface area contributed by atoms with Gasteiger partial charge in [-0.2, -0.15) is 0 Å². The zero-order chi connectivity index (χ0) is 35.9. The Bertz CT molecular complexity index is 2010. The summed E-state index contributed by atoms with van der Waals surface area (Å²) < 4.78 is 3.64. The number of likely N-dealkylation sites (tertiary alicyclic amines) is 2. The van der Waals surface area contributed by atoms with Crippen molar-refractivity contribution in [3.05, 3.63) is 130 Å². The highest BCUT2D eigenvalue weighted by molar-refractivity contribution is 6.31. The number of hydrogen-bond donors (Lipinski definition) is 2. The number of nitrogens with zero attached hydrogens (tertiary/aromatic N) is 6. The van der Waals surface area contributed by atoms with Crippen LogP contribution in [0.4, 0.5) is 11.4 Å². The second-order valence-corrected chi connectivity index (χ2v) is 14.3. The van der Waals surface area contributed by atoms with Crippen LogP contribution in [-0.2, 0) is 13.1 Å². The van der Waals surface area contributed by atoms with Crippen molar-refractivity contribution in [3.8, 4) is 0 Å². The third kappa shape index (κ3) is 9.83. The largest absolute Gasteiger partial charge is 0.321 e. The van der Waals surface area contributed by atoms with Gasteiger partial charge in [0.2, 0.25) is 0 Å². The molecule has 2 aliphatic rings. The second-order valence-electron chi connectivity index (χ2n) is 13.4. The summed E-state index contributed by atoms with van der Waals surface area (Å²) in [6.45, 7) is 6.51. The fourth-order valence-electron chi connectivity index (χ4n) is 6.85. The molecule has 2 fully saturated rings. The van der Waals surface area contributed by atoms with Gasteiger partial charge in [0.05, 0.1) is 12.4 Å². The number of carbonyl (C=O) groups is 2. The summed E-state index contributed by atoms with van der Waals surface area (Å²) in [5, 5.41) is 6.90. The molecule has 0 bridgehead atoms. The van der Waals surface area contributed by atoms with E-state index in [0.29, 0.717) is 32.8 Å². The smallest absolute Gasteiger partial charge is 0.274 e. The molecule has 0 unspecified atom stereocenters. The van der Waals surface area contributed by atoms with Crippen LogP contribution in [0.3, 0.4) is 0 Å². The Kier molecular flexibility index (Phi) is 12.8. The van der Waals surface area contributed by atoms with Gasteiger partial charge in [0, 0.05) is 46.9 Å². The molecule has 276 valence electrons. The van der Waals surface area contributed by atoms with E-state index in [1.807, 2.05) is 33.3 Å². The quantitative estimate of drug-likeness (QED) is 0.161. The molecular formula is C41H46Cl2N8O2. The van der Waals surface area contributed by atoms with Crippen LogP contribution in [0.5, 0.6) is 0 Å². The summed E-state index contributed by atoms with van der Waals surface area (Å²) in [7, 11) is 0. The van der Waals surface area contributed by atoms with E-state index < -0.39 is 0 Å². The minimum Gasteiger partial charge on any atom is -0.321 e. The molecule has 2 N–H and O–H groups in total. The van der Waals surface area contributed by atoms with Crippen LogP contribution in [0, 0.1) is 0 Å². The normalized spacial score (nSPS) is 15.0. The molecule has 0 aliphatic carbocycles. The fraction of sp³-hybridized carbons (Fsp3) is 0.317. The van der Waals surface area contributed by atoms with Gasteiger partial charge < -0.3 is 10.6 Å². The predicted molar refractivity (Wildman–Crippen MR) is 214 cm³/mol. The Morgan fingerprint density at radius 2 is 1.00 bits per heavy atom. The van der Waals surface area contributed by atoms with Gasteiger partial charge in [-0.1, -0.05) is 55.6 Å². The van der Waals surface area contributed by atoms with Gasteiger partial charge in [0.1, 0.15) is 22.7 Å². The molecule has 4 aromatic heterocycles. The van der Waals surface area contributed by atoms with E-state index in [0.717, 1.165) is 50.6 Å². The van der Waals surface area contributed by atoms with Crippen molar-refractivity contribution in [1.29, 1.82) is 0 Å². The van der Waals surface area contributed by atoms with Gasteiger partial charge in [-0.25, -0.2) is 9.97 Å². The van der Waals surface area contributed by atoms with Crippen molar-refractivity contribution in [2.75, 3.05) is 36.8 Å². The third-order valence-corrected chi connectivity index (χ3v) is 9.97. The molecule has 0 spiro atoms. The number of amides is 2. The van der Waals surface area contributed by atoms with E-state index in [2.05, 4.69) is 54.7 Å². The molecule has 0 saturated carbocycles. The lowest BCUT2D eigenvalue weighted by Gasteiger charge is -2.26. The fourth-order valence-corrected chi connectivity index (χ4v) is 7.23. The number of hydrogen-bond acceptors (Lipinski definition) is 6. The maximum Gasteiger partial charge on any atom is 0.274 e. The number of pyridine rings is 2. The minimum absolute atomic E-state index is 0. The molecule has 8 rings (SSSR count). The highest BCUT2D eigenvalue weighted by Crippen LogP contribution is 2.20. The Balaban J connectivity index is 0.000000178. The van der Waals surface area contributed by atoms with Gasteiger partial charge in [0.25, 0.3) is 11.8 Å². The molecule has 10 nitrogen and oxygen atoms in total. The number of halogens is 2. The number of fused-ring (bicyclic) bond motifs is 2. The predicted octanol–water partition coefficient (Wildman–Crippen LogP) is 9.09. The highest BCUT2D eigenvalue weighted by Gasteiger charge is 2.17. The number of rotatable bonds is 8. The Morgan fingerprint density at radius 1 is 0.585 bits per heavy atom. The van der Waals surface area contributed by atoms with Crippen molar-refractivity contribution in [2.45, 2.75) is 59.0 Å². The number of anilines is 2. The molecule has 2 saturated heterocycles. The Morgan fingerprint density at radius 3 is 1.40 bits per heavy atom. The molecule has 6 aromatic rings. The van der Waals surface area contributed by atoms with E-state index in [1.54, 1.807) is 48.8 Å². The standard InChI is InChI=1S/2C20H21ClN4O.CH4/c2*21-16-5-4-6-17(12-16)23-20(26)18-13-22-19-11-15(7-10-25(18)19)14-24-8-2-1-3-9-24;/h2*4-7,10-13H,1-3,8-9,14H2,(H,23,26);1H4. The topological polar surface area (TPSA) is 99.3 Å². The van der Waals surface area contributed by atoms with E-state index in [4.69, 9.17) is 23.2 Å². The van der Waals surface area contributed by atoms with Crippen molar-refractivity contribution in [2.24, 2.45) is 0 Å². The number of aromatic nitrogens is 4. The summed E-state index contributed by atoms with van der Waals surface area (Å²) in [5.41, 5.74) is 6.37. The van der Waals surface area contributed by atoms with Crippen molar-refractivity contribution in [3.63, 3.8) is 0 Å². The molecule has 6 heterocycles. The van der Waals surface area contributed by atoms with Crippen LogP contribution < -0.4 is 10.6 Å². The van der Waals surface area contributed by atoms with E-state index in [1.165, 1.54) is 49.7 Å². The molecular weight excluding hydrogens is 707 g/mol. The summed E-state index contributed by atoms with van der Waals surface area (Å²) >= 11 is 11.9. The molecule has 12 heteroatoms.